The van der Waals surface area contributed by atoms with Crippen LogP contribution in [0.25, 0.3) is 11.6 Å². The quantitative estimate of drug-likeness (QED) is 0.713. The third kappa shape index (κ3) is 3.55. The van der Waals surface area contributed by atoms with Crippen LogP contribution >= 0.6 is 11.6 Å². The molecular weight excluding hydrogens is 338 g/mol. The average molecular weight is 356 g/mol. The number of likely N-dealkylation sites (tertiary alicyclic amines) is 1. The first kappa shape index (κ1) is 16.2. The number of benzene rings is 1. The van der Waals surface area contributed by atoms with Gasteiger partial charge in [-0.2, -0.15) is 0 Å². The van der Waals surface area contributed by atoms with Crippen LogP contribution in [0.15, 0.2) is 41.1 Å². The van der Waals surface area contributed by atoms with Crippen LogP contribution in [0.5, 0.6) is 0 Å². The number of hydrogen-bond acceptors (Lipinski definition) is 6. The molecular formula is C18H18ClN5O. The van der Waals surface area contributed by atoms with Crippen LogP contribution in [-0.4, -0.2) is 38.2 Å². The van der Waals surface area contributed by atoms with Gasteiger partial charge in [-0.15, -0.1) is 10.2 Å². The third-order valence-electron chi connectivity index (χ3n) is 4.41. The molecule has 0 saturated carbocycles. The Kier molecular flexibility index (Phi) is 4.46. The van der Waals surface area contributed by atoms with Crippen molar-refractivity contribution in [3.63, 3.8) is 0 Å². The monoisotopic (exact) mass is 355 g/mol. The van der Waals surface area contributed by atoms with Gasteiger partial charge in [0.1, 0.15) is 5.69 Å². The third-order valence-corrected chi connectivity index (χ3v) is 4.78. The molecule has 0 bridgehead atoms. The van der Waals surface area contributed by atoms with E-state index < -0.39 is 0 Å². The van der Waals surface area contributed by atoms with Gasteiger partial charge in [0.25, 0.3) is 5.89 Å². The molecule has 4 rings (SSSR count). The fourth-order valence-corrected chi connectivity index (χ4v) is 3.25. The smallest absolute Gasteiger partial charge is 0.267 e. The second kappa shape index (κ2) is 6.90. The summed E-state index contributed by atoms with van der Waals surface area (Å²) in [5.74, 6) is 1.33. The van der Waals surface area contributed by atoms with E-state index in [1.165, 1.54) is 0 Å². The van der Waals surface area contributed by atoms with Crippen molar-refractivity contribution in [2.24, 2.45) is 0 Å². The van der Waals surface area contributed by atoms with Gasteiger partial charge >= 0.3 is 0 Å². The van der Waals surface area contributed by atoms with Crippen LogP contribution in [0.2, 0.25) is 5.02 Å². The Hall–Kier alpha value is -2.31. The van der Waals surface area contributed by atoms with Crippen molar-refractivity contribution < 1.29 is 4.42 Å². The first-order chi connectivity index (χ1) is 12.2. The summed E-state index contributed by atoms with van der Waals surface area (Å²) in [6.07, 6.45) is 4.34. The molecule has 0 N–H and O–H groups in total. The van der Waals surface area contributed by atoms with Gasteiger partial charge in [0.15, 0.2) is 0 Å². The van der Waals surface area contributed by atoms with Gasteiger partial charge in [-0.1, -0.05) is 29.8 Å². The number of hydrogen-bond donors (Lipinski definition) is 0. The molecule has 25 heavy (non-hydrogen) atoms. The van der Waals surface area contributed by atoms with Crippen molar-refractivity contribution in [3.05, 3.63) is 58.8 Å². The Morgan fingerprint density at radius 2 is 2.08 bits per heavy atom. The van der Waals surface area contributed by atoms with Crippen LogP contribution in [0.3, 0.4) is 0 Å². The predicted molar refractivity (Wildman–Crippen MR) is 94.1 cm³/mol. The molecule has 1 aromatic carbocycles. The van der Waals surface area contributed by atoms with Crippen molar-refractivity contribution in [1.82, 2.24) is 25.1 Å². The van der Waals surface area contributed by atoms with Crippen LogP contribution in [0.4, 0.5) is 0 Å². The fraction of sp³-hybridized carbons (Fsp3) is 0.333. The summed E-state index contributed by atoms with van der Waals surface area (Å²) in [6, 6.07) is 7.96. The molecule has 128 valence electrons. The number of rotatable bonds is 4. The molecule has 0 spiro atoms. The van der Waals surface area contributed by atoms with Gasteiger partial charge in [0, 0.05) is 24.3 Å². The highest BCUT2D eigenvalue weighted by atomic mass is 35.5. The second-order valence-corrected chi connectivity index (χ2v) is 6.71. The van der Waals surface area contributed by atoms with Crippen molar-refractivity contribution in [2.45, 2.75) is 25.8 Å². The summed E-state index contributed by atoms with van der Waals surface area (Å²) in [4.78, 5) is 10.9. The molecule has 3 heterocycles. The standard InChI is InChI=1S/C18H18ClN5O/c1-12-8-21-16(9-20-12)18-23-22-17(25-18)14-6-7-24(11-14)10-13-4-2-3-5-15(13)19/h2-5,8-9,14H,6-7,10-11H2,1H3/t14-/m1/s1. The Morgan fingerprint density at radius 1 is 1.20 bits per heavy atom. The molecule has 2 aromatic heterocycles. The normalized spacial score (nSPS) is 17.9. The minimum atomic E-state index is 0.238. The average Bonchev–Trinajstić information content (AvgIpc) is 3.27. The van der Waals surface area contributed by atoms with Crippen molar-refractivity contribution >= 4 is 11.6 Å². The molecule has 7 heteroatoms. The van der Waals surface area contributed by atoms with E-state index in [2.05, 4.69) is 31.1 Å². The minimum Gasteiger partial charge on any atom is -0.419 e. The Balaban J connectivity index is 1.44. The molecule has 6 nitrogen and oxygen atoms in total. The Morgan fingerprint density at radius 3 is 2.88 bits per heavy atom. The highest BCUT2D eigenvalue weighted by molar-refractivity contribution is 6.31. The first-order valence-electron chi connectivity index (χ1n) is 8.27. The van der Waals surface area contributed by atoms with Crippen molar-refractivity contribution in [2.75, 3.05) is 13.1 Å². The van der Waals surface area contributed by atoms with Gasteiger partial charge < -0.3 is 4.42 Å². The summed E-state index contributed by atoms with van der Waals surface area (Å²) in [5.41, 5.74) is 2.61. The zero-order valence-corrected chi connectivity index (χ0v) is 14.6. The lowest BCUT2D eigenvalue weighted by Crippen LogP contribution is -2.20. The lowest BCUT2D eigenvalue weighted by Gasteiger charge is -2.16. The number of halogens is 1. The van der Waals surface area contributed by atoms with E-state index in [-0.39, 0.29) is 5.92 Å². The van der Waals surface area contributed by atoms with E-state index in [4.69, 9.17) is 16.0 Å². The van der Waals surface area contributed by atoms with Crippen LogP contribution in [-0.2, 0) is 6.54 Å². The van der Waals surface area contributed by atoms with Crippen LogP contribution in [0.1, 0.15) is 29.5 Å². The van der Waals surface area contributed by atoms with Crippen LogP contribution in [0, 0.1) is 6.92 Å². The van der Waals surface area contributed by atoms with E-state index in [0.29, 0.717) is 17.5 Å². The number of nitrogens with zero attached hydrogens (tertiary/aromatic N) is 5. The van der Waals surface area contributed by atoms with E-state index in [9.17, 15) is 0 Å². The second-order valence-electron chi connectivity index (χ2n) is 6.30. The first-order valence-corrected chi connectivity index (χ1v) is 8.65. The zero-order valence-electron chi connectivity index (χ0n) is 13.9. The Labute approximate surface area is 150 Å². The summed E-state index contributed by atoms with van der Waals surface area (Å²) >= 11 is 6.26. The number of aromatic nitrogens is 4. The largest absolute Gasteiger partial charge is 0.419 e. The highest BCUT2D eigenvalue weighted by Crippen LogP contribution is 2.29. The van der Waals surface area contributed by atoms with Crippen LogP contribution < -0.4 is 0 Å². The molecule has 3 aromatic rings. The summed E-state index contributed by atoms with van der Waals surface area (Å²) in [7, 11) is 0. The highest BCUT2D eigenvalue weighted by Gasteiger charge is 2.28. The van der Waals surface area contributed by atoms with Crippen molar-refractivity contribution in [3.8, 4) is 11.6 Å². The fourth-order valence-electron chi connectivity index (χ4n) is 3.05. The molecule has 1 aliphatic rings. The predicted octanol–water partition coefficient (Wildman–Crippen LogP) is 3.48. The molecule has 0 amide bonds. The van der Waals surface area contributed by atoms with Crippen molar-refractivity contribution in [1.29, 1.82) is 0 Å². The van der Waals surface area contributed by atoms with E-state index in [1.807, 2.05) is 25.1 Å². The summed E-state index contributed by atoms with van der Waals surface area (Å²) in [5, 5.41) is 9.15. The van der Waals surface area contributed by atoms with Gasteiger partial charge in [-0.05, 0) is 31.5 Å². The van der Waals surface area contributed by atoms with Gasteiger partial charge in [0.05, 0.1) is 17.8 Å². The molecule has 0 aliphatic carbocycles. The maximum atomic E-state index is 6.26. The lowest BCUT2D eigenvalue weighted by molar-refractivity contribution is 0.320. The van der Waals surface area contributed by atoms with E-state index in [1.54, 1.807) is 12.4 Å². The lowest BCUT2D eigenvalue weighted by atomic mass is 10.1. The SMILES string of the molecule is Cc1cnc(-c2nnc([C@@H]3CCN(Cc4ccccc4Cl)C3)o2)cn1. The van der Waals surface area contributed by atoms with E-state index in [0.717, 1.165) is 42.3 Å². The van der Waals surface area contributed by atoms with Gasteiger partial charge in [-0.25, -0.2) is 4.98 Å². The zero-order chi connectivity index (χ0) is 17.2. The molecule has 1 aliphatic heterocycles. The topological polar surface area (TPSA) is 67.9 Å². The van der Waals surface area contributed by atoms with E-state index >= 15 is 0 Å². The van der Waals surface area contributed by atoms with Gasteiger partial charge in [-0.3, -0.25) is 9.88 Å². The maximum Gasteiger partial charge on any atom is 0.267 e. The van der Waals surface area contributed by atoms with Gasteiger partial charge in [0.2, 0.25) is 5.89 Å². The summed E-state index contributed by atoms with van der Waals surface area (Å²) < 4.78 is 5.84. The Bertz CT molecular complexity index is 864. The minimum absolute atomic E-state index is 0.238. The molecule has 1 fully saturated rings. The molecule has 1 atom stereocenters. The summed E-state index contributed by atoms with van der Waals surface area (Å²) in [6.45, 7) is 4.59. The number of aryl methyl sites for hydroxylation is 1. The molecule has 0 radical (unpaired) electrons. The maximum absolute atomic E-state index is 6.26. The molecule has 0 unspecified atom stereocenters. The molecule has 1 saturated heterocycles.